The van der Waals surface area contributed by atoms with Crippen LogP contribution in [0.15, 0.2) is 18.2 Å². The first kappa shape index (κ1) is 16.2. The topological polar surface area (TPSA) is 47.6 Å². The Labute approximate surface area is 132 Å². The number of rotatable bonds is 5. The highest BCUT2D eigenvalue weighted by Gasteiger charge is 2.21. The zero-order valence-corrected chi connectivity index (χ0v) is 13.2. The quantitative estimate of drug-likeness (QED) is 0.850. The average Bonchev–Trinajstić information content (AvgIpc) is 2.52. The Morgan fingerprint density at radius 1 is 1.41 bits per heavy atom. The Bertz CT molecular complexity index is 562. The second-order valence-corrected chi connectivity index (χ2v) is 5.80. The SMILES string of the molecule is C#CCOc1ccc(C(=O)NC2CCCC(C)C2)cc1OC. The van der Waals surface area contributed by atoms with Gasteiger partial charge in [-0.1, -0.05) is 25.7 Å². The maximum Gasteiger partial charge on any atom is 0.251 e. The first-order valence-corrected chi connectivity index (χ1v) is 7.69. The van der Waals surface area contributed by atoms with Crippen molar-refractivity contribution in [2.24, 2.45) is 5.92 Å². The molecule has 1 amide bonds. The van der Waals surface area contributed by atoms with Crippen molar-refractivity contribution in [3.63, 3.8) is 0 Å². The number of methoxy groups -OCH3 is 1. The van der Waals surface area contributed by atoms with Gasteiger partial charge in [0, 0.05) is 11.6 Å². The number of ether oxygens (including phenoxy) is 2. The third kappa shape index (κ3) is 4.17. The van der Waals surface area contributed by atoms with Gasteiger partial charge in [-0.05, 0) is 37.0 Å². The van der Waals surface area contributed by atoms with Gasteiger partial charge in [0.15, 0.2) is 11.5 Å². The van der Waals surface area contributed by atoms with Gasteiger partial charge >= 0.3 is 0 Å². The van der Waals surface area contributed by atoms with Gasteiger partial charge in [0.05, 0.1) is 7.11 Å². The first-order chi connectivity index (χ1) is 10.6. The predicted octanol–water partition coefficient (Wildman–Crippen LogP) is 3.02. The summed E-state index contributed by atoms with van der Waals surface area (Å²) in [6.07, 6.45) is 9.71. The molecule has 1 aliphatic rings. The van der Waals surface area contributed by atoms with Crippen molar-refractivity contribution in [1.82, 2.24) is 5.32 Å². The molecule has 1 aromatic carbocycles. The molecule has 0 saturated heterocycles. The number of nitrogens with one attached hydrogen (secondary N) is 1. The highest BCUT2D eigenvalue weighted by molar-refractivity contribution is 5.95. The molecule has 0 radical (unpaired) electrons. The number of terminal acetylenes is 1. The van der Waals surface area contributed by atoms with Crippen LogP contribution < -0.4 is 14.8 Å². The summed E-state index contributed by atoms with van der Waals surface area (Å²) in [5.41, 5.74) is 0.572. The third-order valence-corrected chi connectivity index (χ3v) is 4.01. The van der Waals surface area contributed by atoms with E-state index < -0.39 is 0 Å². The fourth-order valence-corrected chi connectivity index (χ4v) is 2.88. The van der Waals surface area contributed by atoms with Gasteiger partial charge in [-0.15, -0.1) is 6.42 Å². The smallest absolute Gasteiger partial charge is 0.251 e. The zero-order valence-electron chi connectivity index (χ0n) is 13.2. The van der Waals surface area contributed by atoms with Gasteiger partial charge in [-0.2, -0.15) is 0 Å². The van der Waals surface area contributed by atoms with E-state index in [1.54, 1.807) is 25.3 Å². The molecule has 1 aliphatic carbocycles. The Morgan fingerprint density at radius 2 is 2.23 bits per heavy atom. The Kier molecular flexibility index (Phi) is 5.71. The summed E-state index contributed by atoms with van der Waals surface area (Å²) in [4.78, 5) is 12.4. The molecule has 1 aromatic rings. The molecule has 1 N–H and O–H groups in total. The van der Waals surface area contributed by atoms with E-state index in [0.29, 0.717) is 23.0 Å². The molecule has 1 fully saturated rings. The van der Waals surface area contributed by atoms with Gasteiger partial charge in [-0.25, -0.2) is 0 Å². The molecule has 0 heterocycles. The lowest BCUT2D eigenvalue weighted by Crippen LogP contribution is -2.37. The minimum atomic E-state index is -0.0686. The molecule has 0 spiro atoms. The maximum atomic E-state index is 12.4. The van der Waals surface area contributed by atoms with E-state index in [9.17, 15) is 4.79 Å². The summed E-state index contributed by atoms with van der Waals surface area (Å²) in [5, 5.41) is 3.11. The summed E-state index contributed by atoms with van der Waals surface area (Å²) in [7, 11) is 1.54. The Hall–Kier alpha value is -2.15. The Balaban J connectivity index is 2.04. The van der Waals surface area contributed by atoms with Crippen molar-refractivity contribution in [1.29, 1.82) is 0 Å². The molecule has 0 aromatic heterocycles. The lowest BCUT2D eigenvalue weighted by molar-refractivity contribution is 0.0921. The molecule has 0 aliphatic heterocycles. The largest absolute Gasteiger partial charge is 0.493 e. The molecule has 2 unspecified atom stereocenters. The van der Waals surface area contributed by atoms with Gasteiger partial charge < -0.3 is 14.8 Å². The van der Waals surface area contributed by atoms with Crippen LogP contribution in [-0.2, 0) is 0 Å². The minimum absolute atomic E-state index is 0.0686. The molecule has 2 atom stereocenters. The lowest BCUT2D eigenvalue weighted by atomic mass is 9.87. The molecule has 4 heteroatoms. The average molecular weight is 301 g/mol. The van der Waals surface area contributed by atoms with Gasteiger partial charge in [0.25, 0.3) is 5.91 Å². The summed E-state index contributed by atoms with van der Waals surface area (Å²) in [5.74, 6) is 4.07. The van der Waals surface area contributed by atoms with Crippen LogP contribution in [0.4, 0.5) is 0 Å². The van der Waals surface area contributed by atoms with Crippen LogP contribution in [0.2, 0.25) is 0 Å². The molecule has 22 heavy (non-hydrogen) atoms. The second kappa shape index (κ2) is 7.74. The van der Waals surface area contributed by atoms with Gasteiger partial charge in [0.2, 0.25) is 0 Å². The highest BCUT2D eigenvalue weighted by atomic mass is 16.5. The molecule has 0 bridgehead atoms. The van der Waals surface area contributed by atoms with E-state index in [1.807, 2.05) is 0 Å². The molecular weight excluding hydrogens is 278 g/mol. The number of carbonyl (C=O) groups is 1. The first-order valence-electron chi connectivity index (χ1n) is 7.69. The lowest BCUT2D eigenvalue weighted by Gasteiger charge is -2.27. The van der Waals surface area contributed by atoms with E-state index in [1.165, 1.54) is 12.8 Å². The summed E-state index contributed by atoms with van der Waals surface area (Å²) >= 11 is 0. The van der Waals surface area contributed by atoms with Crippen LogP contribution in [0, 0.1) is 18.3 Å². The normalized spacial score (nSPS) is 20.8. The second-order valence-electron chi connectivity index (χ2n) is 5.80. The van der Waals surface area contributed by atoms with Crippen LogP contribution in [0.3, 0.4) is 0 Å². The molecule has 2 rings (SSSR count). The van der Waals surface area contributed by atoms with Crippen molar-refractivity contribution >= 4 is 5.91 Å². The highest BCUT2D eigenvalue weighted by Crippen LogP contribution is 2.28. The predicted molar refractivity (Wildman–Crippen MR) is 86.2 cm³/mol. The van der Waals surface area contributed by atoms with Crippen LogP contribution >= 0.6 is 0 Å². The monoisotopic (exact) mass is 301 g/mol. The van der Waals surface area contributed by atoms with Crippen LogP contribution in [0.5, 0.6) is 11.5 Å². The van der Waals surface area contributed by atoms with E-state index in [0.717, 1.165) is 12.8 Å². The van der Waals surface area contributed by atoms with Crippen molar-refractivity contribution < 1.29 is 14.3 Å². The minimum Gasteiger partial charge on any atom is -0.493 e. The Morgan fingerprint density at radius 3 is 2.91 bits per heavy atom. The van der Waals surface area contributed by atoms with E-state index in [-0.39, 0.29) is 18.6 Å². The molecule has 4 nitrogen and oxygen atoms in total. The van der Waals surface area contributed by atoms with Gasteiger partial charge in [0.1, 0.15) is 6.61 Å². The van der Waals surface area contributed by atoms with Crippen molar-refractivity contribution in [2.75, 3.05) is 13.7 Å². The zero-order chi connectivity index (χ0) is 15.9. The van der Waals surface area contributed by atoms with E-state index in [2.05, 4.69) is 18.2 Å². The maximum absolute atomic E-state index is 12.4. The number of hydrogen-bond donors (Lipinski definition) is 1. The van der Waals surface area contributed by atoms with E-state index >= 15 is 0 Å². The van der Waals surface area contributed by atoms with Crippen molar-refractivity contribution in [3.05, 3.63) is 23.8 Å². The number of amides is 1. The third-order valence-electron chi connectivity index (χ3n) is 4.01. The molecular formula is C18H23NO3. The summed E-state index contributed by atoms with van der Waals surface area (Å²) in [6.45, 7) is 2.40. The summed E-state index contributed by atoms with van der Waals surface area (Å²) < 4.78 is 10.6. The summed E-state index contributed by atoms with van der Waals surface area (Å²) in [6, 6.07) is 5.40. The standard InChI is InChI=1S/C18H23NO3/c1-4-10-22-16-9-8-14(12-17(16)21-3)18(20)19-15-7-5-6-13(2)11-15/h1,8-9,12-13,15H,5-7,10-11H2,2-3H3,(H,19,20). The fourth-order valence-electron chi connectivity index (χ4n) is 2.88. The number of benzene rings is 1. The number of hydrogen-bond acceptors (Lipinski definition) is 3. The fraction of sp³-hybridized carbons (Fsp3) is 0.500. The van der Waals surface area contributed by atoms with Crippen LogP contribution in [-0.4, -0.2) is 25.7 Å². The molecule has 1 saturated carbocycles. The van der Waals surface area contributed by atoms with E-state index in [4.69, 9.17) is 15.9 Å². The van der Waals surface area contributed by atoms with Crippen LogP contribution in [0.25, 0.3) is 0 Å². The number of carbonyl (C=O) groups excluding carboxylic acids is 1. The molecule has 118 valence electrons. The van der Waals surface area contributed by atoms with Crippen LogP contribution in [0.1, 0.15) is 43.0 Å². The van der Waals surface area contributed by atoms with Gasteiger partial charge in [-0.3, -0.25) is 4.79 Å². The van der Waals surface area contributed by atoms with Crippen molar-refractivity contribution in [3.8, 4) is 23.8 Å². The van der Waals surface area contributed by atoms with Crippen molar-refractivity contribution in [2.45, 2.75) is 38.6 Å².